The first-order chi connectivity index (χ1) is 6.86. The molecule has 1 nitrogen and oxygen atoms in total. The number of thiophene rings is 1. The van der Waals surface area contributed by atoms with Crippen LogP contribution in [0.15, 0.2) is 29.2 Å². The Labute approximate surface area is 88.5 Å². The average Bonchev–Trinajstić information content (AvgIpc) is 2.72. The van der Waals surface area contributed by atoms with Crippen LogP contribution in [0.3, 0.4) is 0 Å². The van der Waals surface area contributed by atoms with Crippen molar-refractivity contribution in [3.63, 3.8) is 0 Å². The molecule has 1 aliphatic rings. The maximum atomic E-state index is 11.7. The molecule has 0 atom stereocenters. The van der Waals surface area contributed by atoms with Crippen molar-refractivity contribution in [2.45, 2.75) is 32.1 Å². The zero-order chi connectivity index (χ0) is 9.80. The fraction of sp³-hybridized carbons (Fsp3) is 0.417. The van der Waals surface area contributed by atoms with Gasteiger partial charge in [-0.25, -0.2) is 0 Å². The molecule has 1 aromatic rings. The molecule has 1 aliphatic carbocycles. The summed E-state index contributed by atoms with van der Waals surface area (Å²) in [6, 6.07) is 3.82. The van der Waals surface area contributed by atoms with E-state index in [0.717, 1.165) is 17.7 Å². The third-order valence-corrected chi connectivity index (χ3v) is 3.48. The highest BCUT2D eigenvalue weighted by Gasteiger charge is 2.09. The van der Waals surface area contributed by atoms with Crippen LogP contribution < -0.4 is 0 Å². The van der Waals surface area contributed by atoms with Crippen LogP contribution >= 0.6 is 11.3 Å². The second-order valence-corrected chi connectivity index (χ2v) is 4.65. The van der Waals surface area contributed by atoms with Gasteiger partial charge >= 0.3 is 0 Å². The second-order valence-electron chi connectivity index (χ2n) is 3.70. The highest BCUT2D eigenvalue weighted by molar-refractivity contribution is 7.12. The number of hydrogen-bond donors (Lipinski definition) is 0. The fourth-order valence-electron chi connectivity index (χ4n) is 1.83. The van der Waals surface area contributed by atoms with Crippen LogP contribution in [-0.4, -0.2) is 5.78 Å². The average molecular weight is 206 g/mol. The Hall–Kier alpha value is -0.890. The van der Waals surface area contributed by atoms with Crippen LogP contribution in [0.5, 0.6) is 0 Å². The van der Waals surface area contributed by atoms with Crippen molar-refractivity contribution in [1.29, 1.82) is 0 Å². The van der Waals surface area contributed by atoms with Crippen molar-refractivity contribution in [3.8, 4) is 0 Å². The third kappa shape index (κ3) is 2.32. The molecule has 0 N–H and O–H groups in total. The molecular weight excluding hydrogens is 192 g/mol. The van der Waals surface area contributed by atoms with Crippen LogP contribution in [0.2, 0.25) is 0 Å². The van der Waals surface area contributed by atoms with Crippen molar-refractivity contribution in [2.75, 3.05) is 0 Å². The molecular formula is C12H14OS. The van der Waals surface area contributed by atoms with Gasteiger partial charge in [0, 0.05) is 0 Å². The van der Waals surface area contributed by atoms with Gasteiger partial charge in [0.25, 0.3) is 0 Å². The topological polar surface area (TPSA) is 17.1 Å². The Morgan fingerprint density at radius 2 is 2.07 bits per heavy atom. The first kappa shape index (κ1) is 9.66. The van der Waals surface area contributed by atoms with Crippen LogP contribution in [0.4, 0.5) is 0 Å². The first-order valence-electron chi connectivity index (χ1n) is 5.13. The summed E-state index contributed by atoms with van der Waals surface area (Å²) >= 11 is 1.53. The van der Waals surface area contributed by atoms with Gasteiger partial charge in [0.05, 0.1) is 4.88 Å². The van der Waals surface area contributed by atoms with E-state index in [2.05, 4.69) is 0 Å². The van der Waals surface area contributed by atoms with E-state index >= 15 is 0 Å². The number of ketones is 1. The molecule has 0 unspecified atom stereocenters. The Morgan fingerprint density at radius 1 is 1.29 bits per heavy atom. The third-order valence-electron chi connectivity index (χ3n) is 2.60. The van der Waals surface area contributed by atoms with Crippen LogP contribution in [0.25, 0.3) is 0 Å². The number of carbonyl (C=O) groups is 1. The normalized spacial score (nSPS) is 16.7. The largest absolute Gasteiger partial charge is 0.288 e. The van der Waals surface area contributed by atoms with Gasteiger partial charge in [0.2, 0.25) is 0 Å². The molecule has 1 heterocycles. The number of carbonyl (C=O) groups excluding carboxylic acids is 1. The fourth-order valence-corrected chi connectivity index (χ4v) is 2.46. The van der Waals surface area contributed by atoms with Gasteiger partial charge in [-0.3, -0.25) is 4.79 Å². The minimum Gasteiger partial charge on any atom is -0.288 e. The molecule has 0 saturated heterocycles. The van der Waals surface area contributed by atoms with E-state index in [4.69, 9.17) is 0 Å². The van der Waals surface area contributed by atoms with E-state index in [0.29, 0.717) is 0 Å². The Kier molecular flexibility index (Phi) is 3.14. The maximum absolute atomic E-state index is 11.7. The van der Waals surface area contributed by atoms with E-state index in [1.165, 1.54) is 36.2 Å². The summed E-state index contributed by atoms with van der Waals surface area (Å²) in [4.78, 5) is 12.6. The van der Waals surface area contributed by atoms with Gasteiger partial charge in [0.1, 0.15) is 0 Å². The standard InChI is InChI=1S/C12H14OS/c13-11(12-7-4-8-14-12)9-10-5-2-1-3-6-10/h4,7-9H,1-3,5-6H2. The summed E-state index contributed by atoms with van der Waals surface area (Å²) in [7, 11) is 0. The number of hydrogen-bond acceptors (Lipinski definition) is 2. The van der Waals surface area contributed by atoms with Gasteiger partial charge in [0.15, 0.2) is 5.78 Å². The van der Waals surface area contributed by atoms with Gasteiger partial charge in [-0.15, -0.1) is 11.3 Å². The molecule has 14 heavy (non-hydrogen) atoms. The minimum absolute atomic E-state index is 0.192. The molecule has 1 aromatic heterocycles. The van der Waals surface area contributed by atoms with Gasteiger partial charge < -0.3 is 0 Å². The Bertz CT molecular complexity index is 327. The predicted molar refractivity (Wildman–Crippen MR) is 59.8 cm³/mol. The lowest BCUT2D eigenvalue weighted by molar-refractivity contribution is 0.104. The van der Waals surface area contributed by atoms with Crippen molar-refractivity contribution >= 4 is 17.1 Å². The van der Waals surface area contributed by atoms with Crippen LogP contribution in [0, 0.1) is 0 Å². The minimum atomic E-state index is 0.192. The van der Waals surface area contributed by atoms with E-state index in [1.54, 1.807) is 0 Å². The lowest BCUT2D eigenvalue weighted by Crippen LogP contribution is -1.98. The van der Waals surface area contributed by atoms with Crippen LogP contribution in [0.1, 0.15) is 41.8 Å². The summed E-state index contributed by atoms with van der Waals surface area (Å²) in [5.74, 6) is 0.192. The first-order valence-corrected chi connectivity index (χ1v) is 6.01. The summed E-state index contributed by atoms with van der Waals surface area (Å²) in [5, 5.41) is 1.95. The zero-order valence-electron chi connectivity index (χ0n) is 8.16. The molecule has 2 rings (SSSR count). The Morgan fingerprint density at radius 3 is 2.71 bits per heavy atom. The summed E-state index contributed by atoms with van der Waals surface area (Å²) < 4.78 is 0. The van der Waals surface area contributed by atoms with Gasteiger partial charge in [-0.1, -0.05) is 18.1 Å². The molecule has 0 aromatic carbocycles. The molecule has 74 valence electrons. The van der Waals surface area contributed by atoms with Crippen molar-refractivity contribution in [2.24, 2.45) is 0 Å². The van der Waals surface area contributed by atoms with E-state index in [-0.39, 0.29) is 5.78 Å². The lowest BCUT2D eigenvalue weighted by Gasteiger charge is -2.12. The predicted octanol–water partition coefficient (Wildman–Crippen LogP) is 3.82. The smallest absolute Gasteiger partial charge is 0.195 e. The van der Waals surface area contributed by atoms with Gasteiger partial charge in [-0.05, 0) is 43.2 Å². The molecule has 1 saturated carbocycles. The zero-order valence-corrected chi connectivity index (χ0v) is 8.98. The lowest BCUT2D eigenvalue weighted by atomic mass is 9.94. The van der Waals surface area contributed by atoms with Crippen molar-refractivity contribution < 1.29 is 4.79 Å². The summed E-state index contributed by atoms with van der Waals surface area (Å²) in [5.41, 5.74) is 1.34. The van der Waals surface area contributed by atoms with Crippen LogP contribution in [-0.2, 0) is 0 Å². The Balaban J connectivity index is 2.05. The second kappa shape index (κ2) is 4.56. The maximum Gasteiger partial charge on any atom is 0.195 e. The molecule has 2 heteroatoms. The van der Waals surface area contributed by atoms with E-state index in [9.17, 15) is 4.79 Å². The monoisotopic (exact) mass is 206 g/mol. The van der Waals surface area contributed by atoms with E-state index < -0.39 is 0 Å². The van der Waals surface area contributed by atoms with Gasteiger partial charge in [-0.2, -0.15) is 0 Å². The van der Waals surface area contributed by atoms with Crippen molar-refractivity contribution in [3.05, 3.63) is 34.0 Å². The SMILES string of the molecule is O=C(C=C1CCCCC1)c1cccs1. The number of allylic oxidation sites excluding steroid dienone is 2. The summed E-state index contributed by atoms with van der Waals surface area (Å²) in [6.45, 7) is 0. The molecule has 1 fully saturated rings. The molecule has 0 spiro atoms. The highest BCUT2D eigenvalue weighted by Crippen LogP contribution is 2.23. The molecule has 0 radical (unpaired) electrons. The van der Waals surface area contributed by atoms with E-state index in [1.807, 2.05) is 23.6 Å². The highest BCUT2D eigenvalue weighted by atomic mass is 32.1. The molecule has 0 amide bonds. The summed E-state index contributed by atoms with van der Waals surface area (Å²) in [6.07, 6.45) is 7.93. The molecule has 0 aliphatic heterocycles. The molecule has 0 bridgehead atoms. The quantitative estimate of drug-likeness (QED) is 0.531. The van der Waals surface area contributed by atoms with Crippen molar-refractivity contribution in [1.82, 2.24) is 0 Å². The number of rotatable bonds is 2.